The van der Waals surface area contributed by atoms with Crippen LogP contribution in [0.5, 0.6) is 0 Å². The molecule has 1 aromatic carbocycles. The van der Waals surface area contributed by atoms with Crippen LogP contribution in [0.1, 0.15) is 11.3 Å². The van der Waals surface area contributed by atoms with Gasteiger partial charge in [0.15, 0.2) is 0 Å². The zero-order chi connectivity index (χ0) is 14.4. The standard InChI is InChI=1S/C13H16ClFN4O/c1-20-6-5-16-7-10-8-19(18-17-10)9-11-12(14)3-2-4-13(11)15/h2-4,8,16H,5-7,9H2,1H3. The summed E-state index contributed by atoms with van der Waals surface area (Å²) >= 11 is 5.98. The van der Waals surface area contributed by atoms with Gasteiger partial charge < -0.3 is 10.1 Å². The second-order valence-corrected chi connectivity index (χ2v) is 4.68. The van der Waals surface area contributed by atoms with Crippen LogP contribution in [0.15, 0.2) is 24.4 Å². The van der Waals surface area contributed by atoms with Crippen LogP contribution < -0.4 is 5.32 Å². The summed E-state index contributed by atoms with van der Waals surface area (Å²) in [5.74, 6) is -0.340. The van der Waals surface area contributed by atoms with Crippen LogP contribution in [-0.4, -0.2) is 35.3 Å². The Morgan fingerprint density at radius 2 is 2.30 bits per heavy atom. The number of halogens is 2. The lowest BCUT2D eigenvalue weighted by molar-refractivity contribution is 0.199. The van der Waals surface area contributed by atoms with E-state index in [2.05, 4.69) is 15.6 Å². The molecule has 0 bridgehead atoms. The third-order valence-corrected chi connectivity index (χ3v) is 3.11. The summed E-state index contributed by atoms with van der Waals surface area (Å²) in [6.45, 7) is 2.23. The van der Waals surface area contributed by atoms with E-state index in [1.807, 2.05) is 0 Å². The SMILES string of the molecule is COCCNCc1cn(Cc2c(F)cccc2Cl)nn1. The highest BCUT2D eigenvalue weighted by molar-refractivity contribution is 6.31. The predicted octanol–water partition coefficient (Wildman–Crippen LogP) is 1.85. The second-order valence-electron chi connectivity index (χ2n) is 4.28. The van der Waals surface area contributed by atoms with E-state index in [-0.39, 0.29) is 12.4 Å². The molecule has 1 N–H and O–H groups in total. The maximum Gasteiger partial charge on any atom is 0.129 e. The fourth-order valence-electron chi connectivity index (χ4n) is 1.73. The molecular weight excluding hydrogens is 283 g/mol. The minimum atomic E-state index is -0.340. The third-order valence-electron chi connectivity index (χ3n) is 2.76. The van der Waals surface area contributed by atoms with E-state index >= 15 is 0 Å². The summed E-state index contributed by atoms with van der Waals surface area (Å²) in [6, 6.07) is 4.61. The van der Waals surface area contributed by atoms with Crippen molar-refractivity contribution in [2.75, 3.05) is 20.3 Å². The molecule has 2 aromatic rings. The molecule has 0 spiro atoms. The van der Waals surface area contributed by atoms with Gasteiger partial charge in [0, 0.05) is 30.8 Å². The van der Waals surface area contributed by atoms with Crippen LogP contribution in [0.4, 0.5) is 4.39 Å². The molecule has 0 fully saturated rings. The number of hydrogen-bond acceptors (Lipinski definition) is 4. The van der Waals surface area contributed by atoms with Crippen LogP contribution in [0.2, 0.25) is 5.02 Å². The van der Waals surface area contributed by atoms with E-state index in [1.165, 1.54) is 6.07 Å². The number of nitrogens with zero attached hydrogens (tertiary/aromatic N) is 3. The van der Waals surface area contributed by atoms with E-state index in [0.717, 1.165) is 12.2 Å². The van der Waals surface area contributed by atoms with Gasteiger partial charge in [-0.2, -0.15) is 0 Å². The minimum Gasteiger partial charge on any atom is -0.383 e. The Labute approximate surface area is 121 Å². The zero-order valence-electron chi connectivity index (χ0n) is 11.1. The summed E-state index contributed by atoms with van der Waals surface area (Å²) in [6.07, 6.45) is 1.77. The molecule has 0 saturated carbocycles. The van der Waals surface area contributed by atoms with Gasteiger partial charge in [0.1, 0.15) is 5.82 Å². The molecule has 0 aliphatic heterocycles. The summed E-state index contributed by atoms with van der Waals surface area (Å²) in [5.41, 5.74) is 1.20. The van der Waals surface area contributed by atoms with Crippen molar-refractivity contribution in [3.63, 3.8) is 0 Å². The molecule has 0 aliphatic rings. The number of rotatable bonds is 7. The molecule has 0 aliphatic carbocycles. The second kappa shape index (κ2) is 7.33. The molecule has 1 heterocycles. The summed E-state index contributed by atoms with van der Waals surface area (Å²) in [4.78, 5) is 0. The van der Waals surface area contributed by atoms with Crippen molar-refractivity contribution >= 4 is 11.6 Å². The quantitative estimate of drug-likeness (QED) is 0.793. The van der Waals surface area contributed by atoms with Gasteiger partial charge in [0.05, 0.1) is 25.0 Å². The van der Waals surface area contributed by atoms with Gasteiger partial charge in [0.2, 0.25) is 0 Å². The highest BCUT2D eigenvalue weighted by Gasteiger charge is 2.09. The molecule has 5 nitrogen and oxygen atoms in total. The molecule has 0 amide bonds. The summed E-state index contributed by atoms with van der Waals surface area (Å²) in [7, 11) is 1.65. The lowest BCUT2D eigenvalue weighted by Gasteiger charge is -2.05. The average Bonchev–Trinajstić information content (AvgIpc) is 2.87. The zero-order valence-corrected chi connectivity index (χ0v) is 11.9. The van der Waals surface area contributed by atoms with Gasteiger partial charge in [0.25, 0.3) is 0 Å². The maximum absolute atomic E-state index is 13.7. The largest absolute Gasteiger partial charge is 0.383 e. The van der Waals surface area contributed by atoms with Crippen molar-refractivity contribution in [3.05, 3.63) is 46.5 Å². The number of ether oxygens (including phenoxy) is 1. The van der Waals surface area contributed by atoms with E-state index in [1.54, 1.807) is 30.1 Å². The maximum atomic E-state index is 13.7. The molecule has 20 heavy (non-hydrogen) atoms. The monoisotopic (exact) mass is 298 g/mol. The molecule has 0 atom stereocenters. The first-order valence-corrected chi connectivity index (χ1v) is 6.60. The summed E-state index contributed by atoms with van der Waals surface area (Å²) in [5, 5.41) is 11.5. The first-order valence-electron chi connectivity index (χ1n) is 6.22. The van der Waals surface area contributed by atoms with E-state index in [0.29, 0.717) is 23.7 Å². The Kier molecular flexibility index (Phi) is 5.46. The van der Waals surface area contributed by atoms with Crippen molar-refractivity contribution < 1.29 is 9.13 Å². The highest BCUT2D eigenvalue weighted by atomic mass is 35.5. The molecular formula is C13H16ClFN4O. The van der Waals surface area contributed by atoms with Crippen LogP contribution in [0.3, 0.4) is 0 Å². The number of hydrogen-bond donors (Lipinski definition) is 1. The summed E-state index contributed by atoms with van der Waals surface area (Å²) < 4.78 is 20.2. The predicted molar refractivity (Wildman–Crippen MR) is 74.1 cm³/mol. The Balaban J connectivity index is 1.96. The van der Waals surface area contributed by atoms with Gasteiger partial charge in [-0.15, -0.1) is 5.10 Å². The van der Waals surface area contributed by atoms with Gasteiger partial charge in [-0.25, -0.2) is 9.07 Å². The van der Waals surface area contributed by atoms with Gasteiger partial charge in [-0.1, -0.05) is 22.9 Å². The van der Waals surface area contributed by atoms with E-state index in [9.17, 15) is 4.39 Å². The molecule has 2 rings (SSSR count). The number of aromatic nitrogens is 3. The fourth-order valence-corrected chi connectivity index (χ4v) is 1.96. The Bertz CT molecular complexity index is 541. The lowest BCUT2D eigenvalue weighted by atomic mass is 10.2. The Hall–Kier alpha value is -1.50. The van der Waals surface area contributed by atoms with Crippen molar-refractivity contribution in [3.8, 4) is 0 Å². The Morgan fingerprint density at radius 1 is 1.45 bits per heavy atom. The average molecular weight is 299 g/mol. The van der Waals surface area contributed by atoms with Crippen LogP contribution >= 0.6 is 11.6 Å². The lowest BCUT2D eigenvalue weighted by Crippen LogP contribution is -2.18. The molecule has 0 radical (unpaired) electrons. The van der Waals surface area contributed by atoms with Crippen LogP contribution in [0, 0.1) is 5.82 Å². The van der Waals surface area contributed by atoms with Crippen molar-refractivity contribution in [2.24, 2.45) is 0 Å². The van der Waals surface area contributed by atoms with E-state index < -0.39 is 0 Å². The van der Waals surface area contributed by atoms with Crippen LogP contribution in [0.25, 0.3) is 0 Å². The van der Waals surface area contributed by atoms with Gasteiger partial charge in [-0.05, 0) is 12.1 Å². The highest BCUT2D eigenvalue weighted by Crippen LogP contribution is 2.19. The van der Waals surface area contributed by atoms with Crippen LogP contribution in [-0.2, 0) is 17.8 Å². The molecule has 0 saturated heterocycles. The molecule has 0 unspecified atom stereocenters. The number of benzene rings is 1. The number of methoxy groups -OCH3 is 1. The van der Waals surface area contributed by atoms with Gasteiger partial charge in [-0.3, -0.25) is 0 Å². The van der Waals surface area contributed by atoms with Gasteiger partial charge >= 0.3 is 0 Å². The normalized spacial score (nSPS) is 10.9. The molecule has 108 valence electrons. The van der Waals surface area contributed by atoms with Crippen molar-refractivity contribution in [2.45, 2.75) is 13.1 Å². The molecule has 7 heteroatoms. The first-order chi connectivity index (χ1) is 9.70. The minimum absolute atomic E-state index is 0.260. The number of nitrogens with one attached hydrogen (secondary N) is 1. The van der Waals surface area contributed by atoms with Crippen molar-refractivity contribution in [1.82, 2.24) is 20.3 Å². The van der Waals surface area contributed by atoms with Crippen molar-refractivity contribution in [1.29, 1.82) is 0 Å². The topological polar surface area (TPSA) is 52.0 Å². The molecule has 1 aromatic heterocycles. The first kappa shape index (κ1) is 14.9. The van der Waals surface area contributed by atoms with E-state index in [4.69, 9.17) is 16.3 Å². The fraction of sp³-hybridized carbons (Fsp3) is 0.385. The Morgan fingerprint density at radius 3 is 3.05 bits per heavy atom. The third kappa shape index (κ3) is 4.00. The smallest absolute Gasteiger partial charge is 0.129 e.